The quantitative estimate of drug-likeness (QED) is 0.382. The first-order valence-corrected chi connectivity index (χ1v) is 9.27. The van der Waals surface area contributed by atoms with Gasteiger partial charge in [-0.2, -0.15) is 0 Å². The Morgan fingerprint density at radius 3 is 1.87 bits per heavy atom. The van der Waals surface area contributed by atoms with E-state index in [1.807, 2.05) is 60.7 Å². The summed E-state index contributed by atoms with van der Waals surface area (Å²) >= 11 is 0. The van der Waals surface area contributed by atoms with Crippen molar-refractivity contribution < 1.29 is 8.83 Å². The highest BCUT2D eigenvalue weighted by molar-refractivity contribution is 5.56. The first kappa shape index (κ1) is 20.6. The van der Waals surface area contributed by atoms with Crippen LogP contribution in [0.3, 0.4) is 0 Å². The summed E-state index contributed by atoms with van der Waals surface area (Å²) in [6, 6.07) is 19.5. The van der Waals surface area contributed by atoms with Crippen LogP contribution in [-0.2, 0) is 12.1 Å². The normalized spacial score (nSPS) is 10.4. The van der Waals surface area contributed by atoms with Gasteiger partial charge in [-0.3, -0.25) is 0 Å². The van der Waals surface area contributed by atoms with Gasteiger partial charge in [-0.15, -0.1) is 0 Å². The molecule has 6 nitrogen and oxygen atoms in total. The van der Waals surface area contributed by atoms with E-state index in [0.717, 1.165) is 11.1 Å². The monoisotopic (exact) mass is 396 g/mol. The fourth-order valence-electron chi connectivity index (χ4n) is 2.53. The Bertz CT molecular complexity index is 1160. The Hall–Kier alpha value is -4.16. The standard InChI is InChI=1S/C13H12N2O.C11H8N2O/c1-13(2,14-3)12-15-9-11(16-12)10-7-5-4-6-8-10;1-12-8-11-13-7-10(14-11)9-5-3-2-4-6-9/h4-9H,1-2H3;2-7H,8H2. The minimum absolute atomic E-state index is 0.201. The van der Waals surface area contributed by atoms with Crippen molar-refractivity contribution in [3.63, 3.8) is 0 Å². The molecule has 2 aromatic heterocycles. The molecule has 4 rings (SSSR count). The Kier molecular flexibility index (Phi) is 6.42. The highest BCUT2D eigenvalue weighted by atomic mass is 16.4. The largest absolute Gasteiger partial charge is 0.434 e. The van der Waals surface area contributed by atoms with E-state index in [4.69, 9.17) is 22.0 Å². The molecule has 4 aromatic rings. The van der Waals surface area contributed by atoms with E-state index in [0.29, 0.717) is 23.3 Å². The van der Waals surface area contributed by atoms with Crippen LogP contribution in [0.25, 0.3) is 32.3 Å². The number of benzene rings is 2. The zero-order valence-corrected chi connectivity index (χ0v) is 16.7. The fraction of sp³-hybridized carbons (Fsp3) is 0.167. The molecule has 0 radical (unpaired) electrons. The van der Waals surface area contributed by atoms with Crippen molar-refractivity contribution in [3.05, 3.63) is 108 Å². The van der Waals surface area contributed by atoms with Crippen LogP contribution in [0.2, 0.25) is 0 Å². The number of rotatable bonds is 4. The molecule has 0 N–H and O–H groups in total. The minimum atomic E-state index is -0.701. The maximum atomic E-state index is 7.08. The van der Waals surface area contributed by atoms with Gasteiger partial charge in [0, 0.05) is 25.0 Å². The van der Waals surface area contributed by atoms with Gasteiger partial charge in [-0.25, -0.2) is 23.1 Å². The van der Waals surface area contributed by atoms with Crippen LogP contribution in [0.5, 0.6) is 0 Å². The van der Waals surface area contributed by atoms with Gasteiger partial charge in [0.2, 0.25) is 0 Å². The third-order valence-corrected chi connectivity index (χ3v) is 4.19. The van der Waals surface area contributed by atoms with Crippen LogP contribution in [0, 0.1) is 13.1 Å². The van der Waals surface area contributed by atoms with E-state index in [2.05, 4.69) is 19.7 Å². The number of nitrogens with zero attached hydrogens (tertiary/aromatic N) is 4. The molecule has 0 atom stereocenters. The van der Waals surface area contributed by atoms with Crippen molar-refractivity contribution in [2.45, 2.75) is 25.9 Å². The minimum Gasteiger partial charge on any atom is -0.434 e. The Morgan fingerprint density at radius 1 is 0.800 bits per heavy atom. The zero-order chi connectivity index (χ0) is 21.4. The molecule has 0 bridgehead atoms. The molecule has 0 aliphatic rings. The molecule has 0 fully saturated rings. The SMILES string of the molecule is [C-]#[N+]C(C)(C)c1ncc(-c2ccccc2)o1.[C-]#[N+]Cc1ncc(-c2ccccc2)o1. The van der Waals surface area contributed by atoms with Crippen LogP contribution in [0.15, 0.2) is 81.9 Å². The van der Waals surface area contributed by atoms with Gasteiger partial charge in [-0.05, 0) is 0 Å². The third-order valence-electron chi connectivity index (χ3n) is 4.19. The molecule has 0 amide bonds. The van der Waals surface area contributed by atoms with Gasteiger partial charge in [0.15, 0.2) is 11.5 Å². The molecule has 30 heavy (non-hydrogen) atoms. The second kappa shape index (κ2) is 9.36. The molecule has 148 valence electrons. The summed E-state index contributed by atoms with van der Waals surface area (Å²) in [7, 11) is 0. The third kappa shape index (κ3) is 5.01. The van der Waals surface area contributed by atoms with E-state index in [9.17, 15) is 0 Å². The summed E-state index contributed by atoms with van der Waals surface area (Å²) < 4.78 is 11.0. The molecule has 0 aliphatic carbocycles. The van der Waals surface area contributed by atoms with Crippen molar-refractivity contribution in [1.29, 1.82) is 0 Å². The molecular formula is C24H20N4O2. The first-order chi connectivity index (χ1) is 14.5. The first-order valence-electron chi connectivity index (χ1n) is 9.27. The number of aromatic nitrogens is 2. The number of hydrogen-bond acceptors (Lipinski definition) is 4. The van der Waals surface area contributed by atoms with Crippen molar-refractivity contribution in [2.75, 3.05) is 0 Å². The lowest BCUT2D eigenvalue weighted by molar-refractivity contribution is 0.426. The zero-order valence-electron chi connectivity index (χ0n) is 16.7. The van der Waals surface area contributed by atoms with Crippen molar-refractivity contribution in [3.8, 4) is 22.6 Å². The summed E-state index contributed by atoms with van der Waals surface area (Å²) in [5, 5.41) is 0. The summed E-state index contributed by atoms with van der Waals surface area (Å²) in [5.41, 5.74) is 1.26. The molecule has 0 spiro atoms. The molecular weight excluding hydrogens is 376 g/mol. The summed E-state index contributed by atoms with van der Waals surface area (Å²) in [6.45, 7) is 17.5. The molecule has 0 saturated heterocycles. The van der Waals surface area contributed by atoms with Crippen LogP contribution in [0.1, 0.15) is 25.6 Å². The Morgan fingerprint density at radius 2 is 1.33 bits per heavy atom. The topological polar surface area (TPSA) is 60.8 Å². The van der Waals surface area contributed by atoms with E-state index in [-0.39, 0.29) is 6.54 Å². The maximum Gasteiger partial charge on any atom is 0.301 e. The van der Waals surface area contributed by atoms with E-state index in [1.165, 1.54) is 0 Å². The van der Waals surface area contributed by atoms with Crippen molar-refractivity contribution in [2.24, 2.45) is 0 Å². The maximum absolute atomic E-state index is 7.08. The lowest BCUT2D eigenvalue weighted by Gasteiger charge is -2.04. The predicted molar refractivity (Wildman–Crippen MR) is 114 cm³/mol. The lowest BCUT2D eigenvalue weighted by atomic mass is 10.1. The molecule has 0 saturated carbocycles. The number of hydrogen-bond donors (Lipinski definition) is 0. The summed E-state index contributed by atoms with van der Waals surface area (Å²) in [4.78, 5) is 14.9. The Labute approximate surface area is 175 Å². The predicted octanol–water partition coefficient (Wildman–Crippen LogP) is 6.26. The van der Waals surface area contributed by atoms with Gasteiger partial charge < -0.3 is 18.5 Å². The smallest absolute Gasteiger partial charge is 0.301 e. The van der Waals surface area contributed by atoms with E-state index >= 15 is 0 Å². The second-order valence-corrected chi connectivity index (χ2v) is 6.87. The highest BCUT2D eigenvalue weighted by Crippen LogP contribution is 2.28. The van der Waals surface area contributed by atoms with Gasteiger partial charge in [0.05, 0.1) is 12.4 Å². The molecule has 6 heteroatoms. The fourth-order valence-corrected chi connectivity index (χ4v) is 2.53. The Balaban J connectivity index is 0.000000172. The highest BCUT2D eigenvalue weighted by Gasteiger charge is 2.32. The molecule has 0 unspecified atom stereocenters. The van der Waals surface area contributed by atoms with Crippen LogP contribution in [-0.4, -0.2) is 9.97 Å². The average molecular weight is 396 g/mol. The average Bonchev–Trinajstić information content (AvgIpc) is 3.46. The van der Waals surface area contributed by atoms with Gasteiger partial charge in [0.1, 0.15) is 0 Å². The van der Waals surface area contributed by atoms with E-state index in [1.54, 1.807) is 26.2 Å². The molecule has 2 aromatic carbocycles. The van der Waals surface area contributed by atoms with E-state index < -0.39 is 5.54 Å². The molecule has 2 heterocycles. The van der Waals surface area contributed by atoms with Crippen molar-refractivity contribution in [1.82, 2.24) is 9.97 Å². The lowest BCUT2D eigenvalue weighted by Crippen LogP contribution is -2.10. The molecule has 0 aliphatic heterocycles. The van der Waals surface area contributed by atoms with Gasteiger partial charge in [-0.1, -0.05) is 60.7 Å². The van der Waals surface area contributed by atoms with Gasteiger partial charge >= 0.3 is 5.54 Å². The van der Waals surface area contributed by atoms with Crippen molar-refractivity contribution >= 4 is 0 Å². The second-order valence-electron chi connectivity index (χ2n) is 6.87. The van der Waals surface area contributed by atoms with Gasteiger partial charge in [0.25, 0.3) is 18.3 Å². The van der Waals surface area contributed by atoms with Crippen LogP contribution in [0.4, 0.5) is 0 Å². The summed E-state index contributed by atoms with van der Waals surface area (Å²) in [5.74, 6) is 2.34. The van der Waals surface area contributed by atoms with Crippen LogP contribution < -0.4 is 0 Å². The summed E-state index contributed by atoms with van der Waals surface area (Å²) in [6.07, 6.45) is 3.31. The number of oxazole rings is 2. The van der Waals surface area contributed by atoms with Crippen LogP contribution >= 0.6 is 0 Å².